The van der Waals surface area contributed by atoms with E-state index in [1.54, 1.807) is 24.3 Å². The lowest BCUT2D eigenvalue weighted by Crippen LogP contribution is -2.38. The van der Waals surface area contributed by atoms with Gasteiger partial charge in [-0.3, -0.25) is 9.48 Å². The van der Waals surface area contributed by atoms with Gasteiger partial charge in [0.1, 0.15) is 0 Å². The average molecular weight is 548 g/mol. The second kappa shape index (κ2) is 11.5. The van der Waals surface area contributed by atoms with Gasteiger partial charge < -0.3 is 19.6 Å². The first kappa shape index (κ1) is 27.3. The Hall–Kier alpha value is -3.25. The molecule has 2 fully saturated rings. The fourth-order valence-corrected chi connectivity index (χ4v) is 5.79. The van der Waals surface area contributed by atoms with E-state index in [9.17, 15) is 23.1 Å². The Kier molecular flexibility index (Phi) is 8.03. The number of hydrogen-bond donors (Lipinski definition) is 2. The molecule has 9 nitrogen and oxygen atoms in total. The van der Waals surface area contributed by atoms with E-state index in [2.05, 4.69) is 20.1 Å². The number of halogens is 3. The van der Waals surface area contributed by atoms with Crippen LogP contribution in [0.15, 0.2) is 35.0 Å². The minimum Gasteiger partial charge on any atom is -0.481 e. The third-order valence-electron chi connectivity index (χ3n) is 7.69. The van der Waals surface area contributed by atoms with Gasteiger partial charge in [0.25, 0.3) is 5.89 Å². The number of alkyl halides is 3. The predicted octanol–water partition coefficient (Wildman–Crippen LogP) is 5.34. The molecule has 0 radical (unpaired) electrons. The van der Waals surface area contributed by atoms with Gasteiger partial charge in [0, 0.05) is 25.1 Å². The van der Waals surface area contributed by atoms with Gasteiger partial charge in [0.2, 0.25) is 5.82 Å². The number of carboxylic acids is 1. The molecule has 2 aromatic heterocycles. The number of aliphatic carboxylic acids is 1. The highest BCUT2D eigenvalue weighted by molar-refractivity contribution is 5.67. The largest absolute Gasteiger partial charge is 0.481 e. The van der Waals surface area contributed by atoms with Crippen molar-refractivity contribution in [2.45, 2.75) is 69.7 Å². The zero-order valence-corrected chi connectivity index (χ0v) is 21.5. The molecule has 1 saturated carbocycles. The molecular weight excluding hydrogens is 515 g/mol. The van der Waals surface area contributed by atoms with E-state index in [1.165, 1.54) is 0 Å². The summed E-state index contributed by atoms with van der Waals surface area (Å²) in [4.78, 5) is 17.3. The molecule has 3 aromatic rings. The van der Waals surface area contributed by atoms with Crippen LogP contribution in [0.4, 0.5) is 13.2 Å². The summed E-state index contributed by atoms with van der Waals surface area (Å²) in [5.74, 6) is -0.845. The Morgan fingerprint density at radius 1 is 1.10 bits per heavy atom. The van der Waals surface area contributed by atoms with Gasteiger partial charge >= 0.3 is 12.1 Å². The number of carbonyl (C=O) groups is 1. The smallest absolute Gasteiger partial charge is 0.433 e. The topological polar surface area (TPSA) is 118 Å². The molecule has 0 unspecified atom stereocenters. The maximum Gasteiger partial charge on any atom is 0.433 e. The van der Waals surface area contributed by atoms with Crippen LogP contribution in [-0.4, -0.2) is 60.6 Å². The SMILES string of the molecule is O=C(O)C[C@H]1CCCN(C[C@H](O)c2ccc(-c3noc(-c4cnn(C5CCCCC5)c4C(F)(F)F)n3)cc2)C1. The van der Waals surface area contributed by atoms with Crippen LogP contribution in [0, 0.1) is 5.92 Å². The third-order valence-corrected chi connectivity index (χ3v) is 7.69. The maximum atomic E-state index is 14.1. The zero-order chi connectivity index (χ0) is 27.6. The second-order valence-electron chi connectivity index (χ2n) is 10.6. The van der Waals surface area contributed by atoms with Crippen LogP contribution in [0.2, 0.25) is 0 Å². The van der Waals surface area contributed by atoms with Crippen molar-refractivity contribution >= 4 is 5.97 Å². The van der Waals surface area contributed by atoms with Gasteiger partial charge in [-0.15, -0.1) is 0 Å². The van der Waals surface area contributed by atoms with E-state index in [-0.39, 0.29) is 35.7 Å². The maximum absolute atomic E-state index is 14.1. The van der Waals surface area contributed by atoms with E-state index >= 15 is 0 Å². The van der Waals surface area contributed by atoms with Crippen molar-refractivity contribution in [1.82, 2.24) is 24.8 Å². The number of carboxylic acid groups (broad SMARTS) is 1. The standard InChI is InChI=1S/C27H32F3N5O4/c28-27(29,30)24-21(14-31-35(24)20-6-2-1-3-7-20)26-32-25(33-39-26)19-10-8-18(9-11-19)22(36)16-34-12-4-5-17(15-34)13-23(37)38/h8-11,14,17,20,22,36H,1-7,12-13,15-16H2,(H,37,38)/t17-,22+/m1/s1. The van der Waals surface area contributed by atoms with E-state index in [4.69, 9.17) is 9.63 Å². The van der Waals surface area contributed by atoms with Crippen molar-refractivity contribution in [2.24, 2.45) is 5.92 Å². The Labute approximate surface area is 223 Å². The summed E-state index contributed by atoms with van der Waals surface area (Å²) in [6.07, 6.45) is 1.68. The molecule has 0 bridgehead atoms. The number of benzene rings is 1. The molecule has 1 aliphatic heterocycles. The Bertz CT molecular complexity index is 1270. The summed E-state index contributed by atoms with van der Waals surface area (Å²) < 4.78 is 48.5. The zero-order valence-electron chi connectivity index (χ0n) is 21.5. The van der Waals surface area contributed by atoms with Gasteiger partial charge in [0.05, 0.1) is 23.9 Å². The minimum absolute atomic E-state index is 0.0749. The summed E-state index contributed by atoms with van der Waals surface area (Å²) >= 11 is 0. The summed E-state index contributed by atoms with van der Waals surface area (Å²) in [6, 6.07) is 6.51. The van der Waals surface area contributed by atoms with Gasteiger partial charge in [-0.05, 0) is 43.7 Å². The van der Waals surface area contributed by atoms with Gasteiger partial charge in [-0.1, -0.05) is 48.7 Å². The van der Waals surface area contributed by atoms with Crippen LogP contribution in [0.5, 0.6) is 0 Å². The quantitative estimate of drug-likeness (QED) is 0.388. The average Bonchev–Trinajstić information content (AvgIpc) is 3.57. The summed E-state index contributed by atoms with van der Waals surface area (Å²) in [5.41, 5.74) is 0.0950. The van der Waals surface area contributed by atoms with Crippen LogP contribution < -0.4 is 0 Å². The van der Waals surface area contributed by atoms with Gasteiger partial charge in [0.15, 0.2) is 5.69 Å². The Morgan fingerprint density at radius 3 is 2.54 bits per heavy atom. The molecule has 2 atom stereocenters. The molecule has 1 aromatic carbocycles. The van der Waals surface area contributed by atoms with E-state index in [1.807, 2.05) is 0 Å². The molecule has 0 amide bonds. The minimum atomic E-state index is -4.63. The number of hydrogen-bond acceptors (Lipinski definition) is 7. The first-order chi connectivity index (χ1) is 18.7. The van der Waals surface area contributed by atoms with E-state index in [0.29, 0.717) is 37.1 Å². The molecule has 2 N–H and O–H groups in total. The molecular formula is C27H32F3N5O4. The lowest BCUT2D eigenvalue weighted by molar-refractivity contribution is -0.145. The number of β-amino-alcohol motifs (C(OH)–C–C–N with tert-alkyl or cyclic N) is 1. The Balaban J connectivity index is 1.29. The summed E-state index contributed by atoms with van der Waals surface area (Å²) in [5, 5.41) is 27.8. The Morgan fingerprint density at radius 2 is 1.85 bits per heavy atom. The number of aromatic nitrogens is 4. The molecule has 210 valence electrons. The number of nitrogens with zero attached hydrogens (tertiary/aromatic N) is 5. The van der Waals surface area contributed by atoms with Crippen molar-refractivity contribution in [2.75, 3.05) is 19.6 Å². The summed E-state index contributed by atoms with van der Waals surface area (Å²) in [6.45, 7) is 1.81. The number of aliphatic hydroxyl groups is 1. The highest BCUT2D eigenvalue weighted by Crippen LogP contribution is 2.41. The van der Waals surface area contributed by atoms with Gasteiger partial charge in [-0.2, -0.15) is 23.3 Å². The molecule has 3 heterocycles. The highest BCUT2D eigenvalue weighted by atomic mass is 19.4. The van der Waals surface area contributed by atoms with E-state index < -0.39 is 23.9 Å². The number of aliphatic hydroxyl groups excluding tert-OH is 1. The molecule has 0 spiro atoms. The van der Waals surface area contributed by atoms with Gasteiger partial charge in [-0.25, -0.2) is 0 Å². The molecule has 2 aliphatic rings. The fraction of sp³-hybridized carbons (Fsp3) is 0.556. The monoisotopic (exact) mass is 547 g/mol. The first-order valence-corrected chi connectivity index (χ1v) is 13.4. The molecule has 5 rings (SSSR count). The molecule has 1 saturated heterocycles. The predicted molar refractivity (Wildman–Crippen MR) is 134 cm³/mol. The third kappa shape index (κ3) is 6.33. The fourth-order valence-electron chi connectivity index (χ4n) is 5.79. The molecule has 39 heavy (non-hydrogen) atoms. The van der Waals surface area contributed by atoms with Crippen LogP contribution >= 0.6 is 0 Å². The molecule has 12 heteroatoms. The van der Waals surface area contributed by atoms with Crippen molar-refractivity contribution < 1.29 is 32.7 Å². The second-order valence-corrected chi connectivity index (χ2v) is 10.6. The van der Waals surface area contributed by atoms with Crippen molar-refractivity contribution in [1.29, 1.82) is 0 Å². The van der Waals surface area contributed by atoms with Crippen LogP contribution in [0.1, 0.15) is 74.8 Å². The summed E-state index contributed by atoms with van der Waals surface area (Å²) in [7, 11) is 0. The van der Waals surface area contributed by atoms with Crippen LogP contribution in [-0.2, 0) is 11.0 Å². The first-order valence-electron chi connectivity index (χ1n) is 13.4. The van der Waals surface area contributed by atoms with Crippen molar-refractivity contribution in [3.8, 4) is 22.8 Å². The highest BCUT2D eigenvalue weighted by Gasteiger charge is 2.41. The van der Waals surface area contributed by atoms with Crippen LogP contribution in [0.3, 0.4) is 0 Å². The van der Waals surface area contributed by atoms with Crippen molar-refractivity contribution in [3.63, 3.8) is 0 Å². The number of likely N-dealkylation sites (tertiary alicyclic amines) is 1. The normalized spacial score (nSPS) is 20.3. The lowest BCUT2D eigenvalue weighted by Gasteiger charge is -2.33. The lowest BCUT2D eigenvalue weighted by atomic mass is 9.94. The van der Waals surface area contributed by atoms with Crippen LogP contribution in [0.25, 0.3) is 22.8 Å². The number of piperidine rings is 1. The van der Waals surface area contributed by atoms with Crippen molar-refractivity contribution in [3.05, 3.63) is 41.7 Å². The van der Waals surface area contributed by atoms with E-state index in [0.717, 1.165) is 49.5 Å². The molecule has 1 aliphatic carbocycles. The number of rotatable bonds is 8.